The van der Waals surface area contributed by atoms with Crippen LogP contribution in [0.4, 0.5) is 11.4 Å². The molecule has 0 aromatic heterocycles. The van der Waals surface area contributed by atoms with Crippen LogP contribution in [0.2, 0.25) is 0 Å². The number of hydrogen-bond donors (Lipinski definition) is 2. The van der Waals surface area contributed by atoms with Crippen LogP contribution < -0.4 is 16.0 Å². The van der Waals surface area contributed by atoms with Crippen LogP contribution in [0.25, 0.3) is 0 Å². The van der Waals surface area contributed by atoms with Crippen molar-refractivity contribution in [1.82, 2.24) is 0 Å². The molecule has 1 unspecified atom stereocenters. The topological polar surface area (TPSA) is 75.4 Å². The maximum absolute atomic E-state index is 12.6. The summed E-state index contributed by atoms with van der Waals surface area (Å²) < 4.78 is 0. The quantitative estimate of drug-likeness (QED) is 0.908. The Balaban J connectivity index is 1.78. The maximum atomic E-state index is 12.6. The summed E-state index contributed by atoms with van der Waals surface area (Å²) in [6.07, 6.45) is 1.44. The van der Waals surface area contributed by atoms with Gasteiger partial charge >= 0.3 is 0 Å². The van der Waals surface area contributed by atoms with Gasteiger partial charge in [-0.3, -0.25) is 9.59 Å². The third-order valence-electron chi connectivity index (χ3n) is 4.33. The molecule has 5 heteroatoms. The predicted octanol–water partition coefficient (Wildman–Crippen LogP) is 2.63. The van der Waals surface area contributed by atoms with Crippen LogP contribution >= 0.6 is 0 Å². The Hall–Kier alpha value is -2.66. The van der Waals surface area contributed by atoms with Gasteiger partial charge in [-0.25, -0.2) is 0 Å². The highest BCUT2D eigenvalue weighted by molar-refractivity contribution is 6.00. The van der Waals surface area contributed by atoms with E-state index in [9.17, 15) is 9.59 Å². The first-order chi connectivity index (χ1) is 11.5. The minimum atomic E-state index is -1.14. The first-order valence-corrected chi connectivity index (χ1v) is 8.05. The number of anilines is 2. The lowest BCUT2D eigenvalue weighted by Crippen LogP contribution is -2.45. The van der Waals surface area contributed by atoms with Crippen LogP contribution in [-0.4, -0.2) is 18.4 Å². The van der Waals surface area contributed by atoms with Crippen LogP contribution in [0, 0.1) is 0 Å². The third-order valence-corrected chi connectivity index (χ3v) is 4.33. The summed E-state index contributed by atoms with van der Waals surface area (Å²) in [5.74, 6) is -0.176. The first kappa shape index (κ1) is 16.2. The number of nitrogens with two attached hydrogens (primary N) is 1. The van der Waals surface area contributed by atoms with E-state index in [0.717, 1.165) is 24.2 Å². The van der Waals surface area contributed by atoms with Crippen molar-refractivity contribution < 1.29 is 9.59 Å². The molecular formula is C19H21N3O2. The van der Waals surface area contributed by atoms with Crippen molar-refractivity contribution in [2.24, 2.45) is 5.73 Å². The number of carbonyl (C=O) groups excluding carboxylic acids is 2. The SMILES string of the molecule is CC(N)(C(=O)Nc1cccc(N2CCCC2=O)c1)c1ccccc1. The van der Waals surface area contributed by atoms with Crippen LogP contribution in [0.1, 0.15) is 25.3 Å². The van der Waals surface area contributed by atoms with Gasteiger partial charge in [0.25, 0.3) is 0 Å². The summed E-state index contributed by atoms with van der Waals surface area (Å²) in [7, 11) is 0. The van der Waals surface area contributed by atoms with E-state index < -0.39 is 5.54 Å². The summed E-state index contributed by atoms with van der Waals surface area (Å²) >= 11 is 0. The lowest BCUT2D eigenvalue weighted by Gasteiger charge is -2.24. The molecule has 2 aromatic carbocycles. The van der Waals surface area contributed by atoms with Gasteiger partial charge in [-0.2, -0.15) is 0 Å². The molecule has 1 aliphatic rings. The van der Waals surface area contributed by atoms with E-state index in [1.54, 1.807) is 17.9 Å². The lowest BCUT2D eigenvalue weighted by atomic mass is 9.92. The lowest BCUT2D eigenvalue weighted by molar-refractivity contribution is -0.121. The minimum Gasteiger partial charge on any atom is -0.324 e. The molecule has 0 bridgehead atoms. The Kier molecular flexibility index (Phi) is 4.36. The first-order valence-electron chi connectivity index (χ1n) is 8.05. The van der Waals surface area contributed by atoms with E-state index in [1.165, 1.54) is 0 Å². The van der Waals surface area contributed by atoms with E-state index in [0.29, 0.717) is 12.1 Å². The number of amides is 2. The molecule has 1 heterocycles. The second kappa shape index (κ2) is 6.45. The molecule has 1 atom stereocenters. The van der Waals surface area contributed by atoms with Gasteiger partial charge in [0.05, 0.1) is 0 Å². The number of carbonyl (C=O) groups is 2. The molecule has 1 saturated heterocycles. The number of nitrogens with zero attached hydrogens (tertiary/aromatic N) is 1. The Morgan fingerprint density at radius 1 is 1.17 bits per heavy atom. The second-order valence-corrected chi connectivity index (χ2v) is 6.22. The van der Waals surface area contributed by atoms with Crippen molar-refractivity contribution in [2.75, 3.05) is 16.8 Å². The molecule has 2 amide bonds. The summed E-state index contributed by atoms with van der Waals surface area (Å²) in [6.45, 7) is 2.40. The zero-order valence-corrected chi connectivity index (χ0v) is 13.7. The average Bonchev–Trinajstić information content (AvgIpc) is 3.02. The molecular weight excluding hydrogens is 302 g/mol. The Bertz CT molecular complexity index is 756. The molecule has 3 rings (SSSR count). The van der Waals surface area contributed by atoms with Crippen LogP contribution in [0.5, 0.6) is 0 Å². The molecule has 5 nitrogen and oxygen atoms in total. The van der Waals surface area contributed by atoms with Crippen LogP contribution in [0.15, 0.2) is 54.6 Å². The molecule has 0 aliphatic carbocycles. The summed E-state index contributed by atoms with van der Waals surface area (Å²) in [5.41, 5.74) is 7.27. The third kappa shape index (κ3) is 3.16. The highest BCUT2D eigenvalue weighted by Crippen LogP contribution is 2.25. The van der Waals surface area contributed by atoms with E-state index in [2.05, 4.69) is 5.32 Å². The molecule has 1 aliphatic heterocycles. The predicted molar refractivity (Wildman–Crippen MR) is 94.6 cm³/mol. The summed E-state index contributed by atoms with van der Waals surface area (Å²) in [5, 5.41) is 2.86. The van der Waals surface area contributed by atoms with Gasteiger partial charge < -0.3 is 16.0 Å². The van der Waals surface area contributed by atoms with Crippen molar-refractivity contribution in [3.8, 4) is 0 Å². The van der Waals surface area contributed by atoms with E-state index in [-0.39, 0.29) is 11.8 Å². The Morgan fingerprint density at radius 2 is 1.92 bits per heavy atom. The summed E-state index contributed by atoms with van der Waals surface area (Å²) in [4.78, 5) is 26.2. The molecule has 24 heavy (non-hydrogen) atoms. The van der Waals surface area contributed by atoms with Crippen molar-refractivity contribution in [1.29, 1.82) is 0 Å². The van der Waals surface area contributed by atoms with Gasteiger partial charge in [0.1, 0.15) is 5.54 Å². The molecule has 0 radical (unpaired) electrons. The molecule has 124 valence electrons. The maximum Gasteiger partial charge on any atom is 0.248 e. The van der Waals surface area contributed by atoms with Gasteiger partial charge in [-0.15, -0.1) is 0 Å². The molecule has 1 fully saturated rings. The van der Waals surface area contributed by atoms with E-state index in [1.807, 2.05) is 48.5 Å². The minimum absolute atomic E-state index is 0.117. The van der Waals surface area contributed by atoms with Gasteiger partial charge in [0, 0.05) is 24.3 Å². The smallest absolute Gasteiger partial charge is 0.248 e. The fourth-order valence-electron chi connectivity index (χ4n) is 2.85. The molecule has 2 aromatic rings. The molecule has 3 N–H and O–H groups in total. The highest BCUT2D eigenvalue weighted by Gasteiger charge is 2.30. The summed E-state index contributed by atoms with van der Waals surface area (Å²) in [6, 6.07) is 16.6. The molecule has 0 saturated carbocycles. The van der Waals surface area contributed by atoms with Crippen molar-refractivity contribution in [2.45, 2.75) is 25.3 Å². The Morgan fingerprint density at radius 3 is 2.58 bits per heavy atom. The average molecular weight is 323 g/mol. The number of nitrogens with one attached hydrogen (secondary N) is 1. The van der Waals surface area contributed by atoms with Gasteiger partial charge in [-0.05, 0) is 37.1 Å². The van der Waals surface area contributed by atoms with Crippen molar-refractivity contribution >= 4 is 23.2 Å². The van der Waals surface area contributed by atoms with Crippen molar-refractivity contribution in [3.63, 3.8) is 0 Å². The number of hydrogen-bond acceptors (Lipinski definition) is 3. The highest BCUT2D eigenvalue weighted by atomic mass is 16.2. The fraction of sp³-hybridized carbons (Fsp3) is 0.263. The zero-order chi connectivity index (χ0) is 17.2. The van der Waals surface area contributed by atoms with Crippen LogP contribution in [0.3, 0.4) is 0 Å². The van der Waals surface area contributed by atoms with Gasteiger partial charge in [0.15, 0.2) is 0 Å². The largest absolute Gasteiger partial charge is 0.324 e. The van der Waals surface area contributed by atoms with Crippen LogP contribution in [-0.2, 0) is 15.1 Å². The zero-order valence-electron chi connectivity index (χ0n) is 13.7. The number of benzene rings is 2. The number of rotatable bonds is 4. The van der Waals surface area contributed by atoms with E-state index >= 15 is 0 Å². The standard InChI is InChI=1S/C19H21N3O2/c1-19(20,14-7-3-2-4-8-14)18(24)21-15-9-5-10-16(13-15)22-12-6-11-17(22)23/h2-5,7-10,13H,6,11-12,20H2,1H3,(H,21,24). The second-order valence-electron chi connectivity index (χ2n) is 6.22. The van der Waals surface area contributed by atoms with Crippen molar-refractivity contribution in [3.05, 3.63) is 60.2 Å². The van der Waals surface area contributed by atoms with Gasteiger partial charge in [0.2, 0.25) is 11.8 Å². The normalized spacial score (nSPS) is 16.8. The van der Waals surface area contributed by atoms with E-state index in [4.69, 9.17) is 5.73 Å². The Labute approximate surface area is 141 Å². The van der Waals surface area contributed by atoms with Gasteiger partial charge in [-0.1, -0.05) is 36.4 Å². The monoisotopic (exact) mass is 323 g/mol. The fourth-order valence-corrected chi connectivity index (χ4v) is 2.85. The molecule has 0 spiro atoms.